The molecule has 1 aromatic heterocycles. The Bertz CT molecular complexity index is 997. The van der Waals surface area contributed by atoms with Crippen LogP contribution in [0.25, 0.3) is 0 Å². The van der Waals surface area contributed by atoms with Crippen molar-refractivity contribution in [1.82, 2.24) is 14.9 Å². The minimum atomic E-state index is -0.982. The Labute approximate surface area is 181 Å². The highest BCUT2D eigenvalue weighted by atomic mass is 16.2. The van der Waals surface area contributed by atoms with E-state index in [0.717, 1.165) is 30.8 Å². The third kappa shape index (κ3) is 3.83. The topological polar surface area (TPSA) is 98.7 Å². The molecule has 1 atom stereocenters. The molecule has 9 nitrogen and oxygen atoms in total. The molecule has 1 N–H and O–H groups in total. The van der Waals surface area contributed by atoms with Crippen LogP contribution in [0.1, 0.15) is 46.9 Å². The summed E-state index contributed by atoms with van der Waals surface area (Å²) in [7, 11) is 3.68. The highest BCUT2D eigenvalue weighted by Gasteiger charge is 2.40. The van der Waals surface area contributed by atoms with Crippen molar-refractivity contribution in [2.45, 2.75) is 32.2 Å². The normalized spacial score (nSPS) is 16.9. The average molecular weight is 422 g/mol. The Morgan fingerprint density at radius 3 is 2.26 bits per heavy atom. The minimum absolute atomic E-state index is 0.315. The summed E-state index contributed by atoms with van der Waals surface area (Å²) in [6.07, 6.45) is 5.01. The van der Waals surface area contributed by atoms with E-state index in [4.69, 9.17) is 0 Å². The Kier molecular flexibility index (Phi) is 5.58. The Morgan fingerprint density at radius 1 is 1.06 bits per heavy atom. The predicted molar refractivity (Wildman–Crippen MR) is 117 cm³/mol. The number of amides is 3. The first-order valence-electron chi connectivity index (χ1n) is 10.5. The van der Waals surface area contributed by atoms with Crippen molar-refractivity contribution in [2.75, 3.05) is 42.3 Å². The summed E-state index contributed by atoms with van der Waals surface area (Å²) in [6.45, 7) is 3.36. The van der Waals surface area contributed by atoms with Crippen molar-refractivity contribution >= 4 is 35.2 Å². The molecule has 31 heavy (non-hydrogen) atoms. The molecule has 1 saturated heterocycles. The molecule has 2 aromatic rings. The first-order valence-corrected chi connectivity index (χ1v) is 10.5. The van der Waals surface area contributed by atoms with Gasteiger partial charge in [0.2, 0.25) is 11.9 Å². The number of nitrogens with zero attached hydrogens (tertiary/aromatic N) is 5. The van der Waals surface area contributed by atoms with E-state index in [0.29, 0.717) is 28.6 Å². The lowest BCUT2D eigenvalue weighted by Crippen LogP contribution is -2.45. The van der Waals surface area contributed by atoms with E-state index in [2.05, 4.69) is 20.2 Å². The van der Waals surface area contributed by atoms with Gasteiger partial charge in [-0.3, -0.25) is 19.3 Å². The van der Waals surface area contributed by atoms with Crippen LogP contribution >= 0.6 is 0 Å². The van der Waals surface area contributed by atoms with Crippen LogP contribution in [0.2, 0.25) is 0 Å². The Balaban J connectivity index is 1.54. The van der Waals surface area contributed by atoms with Gasteiger partial charge in [0.25, 0.3) is 11.8 Å². The first-order chi connectivity index (χ1) is 14.9. The molecule has 1 unspecified atom stereocenters. The number of aromatic nitrogens is 2. The molecule has 0 saturated carbocycles. The largest absolute Gasteiger partial charge is 0.361 e. The number of rotatable bonds is 5. The van der Waals surface area contributed by atoms with Crippen molar-refractivity contribution in [1.29, 1.82) is 0 Å². The maximum Gasteiger partial charge on any atom is 0.262 e. The van der Waals surface area contributed by atoms with Gasteiger partial charge in [0.05, 0.1) is 17.3 Å². The zero-order valence-electron chi connectivity index (χ0n) is 18.0. The summed E-state index contributed by atoms with van der Waals surface area (Å²) < 4.78 is 0. The number of imide groups is 1. The molecule has 9 heteroatoms. The standard InChI is InChI=1S/C22H26N6O3/c1-14(28-20(30)15-9-5-6-10-16(15)21(28)31)19(29)24-17-13-23-22(25-18(17)26(2)3)27-11-7-4-8-12-27/h5-6,9-10,13-14H,4,7-8,11-12H2,1-3H3,(H,24,29). The molecule has 2 aliphatic heterocycles. The molecular formula is C22H26N6O3. The maximum atomic E-state index is 13.0. The van der Waals surface area contributed by atoms with Crippen LogP contribution < -0.4 is 15.1 Å². The summed E-state index contributed by atoms with van der Waals surface area (Å²) in [5.74, 6) is -0.208. The third-order valence-electron chi connectivity index (χ3n) is 5.67. The van der Waals surface area contributed by atoms with Crippen molar-refractivity contribution in [3.05, 3.63) is 41.6 Å². The zero-order chi connectivity index (χ0) is 22.1. The molecule has 0 radical (unpaired) electrons. The molecule has 0 spiro atoms. The summed E-state index contributed by atoms with van der Waals surface area (Å²) >= 11 is 0. The number of anilines is 3. The molecule has 1 aromatic carbocycles. The van der Waals surface area contributed by atoms with Gasteiger partial charge in [-0.1, -0.05) is 12.1 Å². The van der Waals surface area contributed by atoms with Gasteiger partial charge in [-0.25, -0.2) is 4.98 Å². The van der Waals surface area contributed by atoms with Crippen molar-refractivity contribution in [3.8, 4) is 0 Å². The van der Waals surface area contributed by atoms with Crippen LogP contribution in [0.15, 0.2) is 30.5 Å². The predicted octanol–water partition coefficient (Wildman–Crippen LogP) is 2.16. The van der Waals surface area contributed by atoms with Crippen LogP contribution in [0.3, 0.4) is 0 Å². The maximum absolute atomic E-state index is 13.0. The summed E-state index contributed by atoms with van der Waals surface area (Å²) in [4.78, 5) is 52.4. The van der Waals surface area contributed by atoms with Gasteiger partial charge in [0, 0.05) is 27.2 Å². The molecule has 0 aliphatic carbocycles. The second-order valence-corrected chi connectivity index (χ2v) is 8.04. The number of carbonyl (C=O) groups is 3. The highest BCUT2D eigenvalue weighted by Crippen LogP contribution is 2.28. The second kappa shape index (κ2) is 8.33. The number of carbonyl (C=O) groups excluding carboxylic acids is 3. The second-order valence-electron chi connectivity index (χ2n) is 8.04. The lowest BCUT2D eigenvalue weighted by Gasteiger charge is -2.28. The fourth-order valence-corrected chi connectivity index (χ4v) is 3.95. The van der Waals surface area contributed by atoms with Gasteiger partial charge < -0.3 is 15.1 Å². The monoisotopic (exact) mass is 422 g/mol. The average Bonchev–Trinajstić information content (AvgIpc) is 3.04. The summed E-state index contributed by atoms with van der Waals surface area (Å²) in [5.41, 5.74) is 1.06. The van der Waals surface area contributed by atoms with Crippen LogP contribution in [0.5, 0.6) is 0 Å². The highest BCUT2D eigenvalue weighted by molar-refractivity contribution is 6.23. The molecule has 3 heterocycles. The fourth-order valence-electron chi connectivity index (χ4n) is 3.95. The number of benzene rings is 1. The number of hydrogen-bond donors (Lipinski definition) is 1. The van der Waals surface area contributed by atoms with Crippen molar-refractivity contribution in [3.63, 3.8) is 0 Å². The van der Waals surface area contributed by atoms with E-state index in [-0.39, 0.29) is 0 Å². The van der Waals surface area contributed by atoms with Crippen molar-refractivity contribution < 1.29 is 14.4 Å². The van der Waals surface area contributed by atoms with E-state index < -0.39 is 23.8 Å². The van der Waals surface area contributed by atoms with Gasteiger partial charge in [0.1, 0.15) is 11.7 Å². The first kappa shape index (κ1) is 20.8. The lowest BCUT2D eigenvalue weighted by atomic mass is 10.1. The third-order valence-corrected chi connectivity index (χ3v) is 5.67. The van der Waals surface area contributed by atoms with Crippen LogP contribution in [-0.2, 0) is 4.79 Å². The Morgan fingerprint density at radius 2 is 1.68 bits per heavy atom. The van der Waals surface area contributed by atoms with E-state index in [9.17, 15) is 14.4 Å². The summed E-state index contributed by atoms with van der Waals surface area (Å²) in [6, 6.07) is 5.60. The quantitative estimate of drug-likeness (QED) is 0.737. The van der Waals surface area contributed by atoms with Gasteiger partial charge in [-0.05, 0) is 38.3 Å². The molecular weight excluding hydrogens is 396 g/mol. The molecule has 1 fully saturated rings. The van der Waals surface area contributed by atoms with Gasteiger partial charge >= 0.3 is 0 Å². The number of hydrogen-bond acceptors (Lipinski definition) is 7. The van der Waals surface area contributed by atoms with E-state index in [1.165, 1.54) is 13.3 Å². The lowest BCUT2D eigenvalue weighted by molar-refractivity contribution is -0.119. The van der Waals surface area contributed by atoms with Crippen LogP contribution in [0, 0.1) is 0 Å². The van der Waals surface area contributed by atoms with E-state index >= 15 is 0 Å². The van der Waals surface area contributed by atoms with E-state index in [1.54, 1.807) is 35.4 Å². The van der Waals surface area contributed by atoms with Crippen LogP contribution in [0.4, 0.5) is 17.5 Å². The van der Waals surface area contributed by atoms with Gasteiger partial charge in [0.15, 0.2) is 5.82 Å². The molecule has 162 valence electrons. The summed E-state index contributed by atoms with van der Waals surface area (Å²) in [5, 5.41) is 2.80. The van der Waals surface area contributed by atoms with E-state index in [1.807, 2.05) is 14.1 Å². The van der Waals surface area contributed by atoms with Crippen LogP contribution in [-0.4, -0.2) is 65.8 Å². The molecule has 4 rings (SSSR count). The Hall–Kier alpha value is -3.49. The molecule has 2 aliphatic rings. The SMILES string of the molecule is CC(C(=O)Nc1cnc(N2CCCCC2)nc1N(C)C)N1C(=O)c2ccccc2C1=O. The van der Waals surface area contributed by atoms with Crippen molar-refractivity contribution in [2.24, 2.45) is 0 Å². The molecule has 0 bridgehead atoms. The number of fused-ring (bicyclic) bond motifs is 1. The van der Waals surface area contributed by atoms with Gasteiger partial charge in [-0.2, -0.15) is 4.98 Å². The smallest absolute Gasteiger partial charge is 0.262 e. The zero-order valence-corrected chi connectivity index (χ0v) is 18.0. The van der Waals surface area contributed by atoms with Gasteiger partial charge in [-0.15, -0.1) is 0 Å². The molecule has 3 amide bonds. The number of piperidine rings is 1. The number of nitrogens with one attached hydrogen (secondary N) is 1. The fraction of sp³-hybridized carbons (Fsp3) is 0.409. The minimum Gasteiger partial charge on any atom is -0.361 e.